The van der Waals surface area contributed by atoms with Crippen LogP contribution >= 0.6 is 0 Å². The zero-order chi connectivity index (χ0) is 17.2. The molecule has 0 heterocycles. The Morgan fingerprint density at radius 1 is 0.773 bits per heavy atom. The van der Waals surface area contributed by atoms with Gasteiger partial charge in [-0.05, 0) is 25.7 Å². The van der Waals surface area contributed by atoms with Crippen LogP contribution in [0, 0.1) is 5.41 Å². The second-order valence-electron chi connectivity index (χ2n) is 6.20. The first-order chi connectivity index (χ1) is 10.4. The predicted molar refractivity (Wildman–Crippen MR) is 84.3 cm³/mol. The van der Waals surface area contributed by atoms with Gasteiger partial charge >= 0.3 is 0 Å². The van der Waals surface area contributed by atoms with Crippen LogP contribution in [-0.2, 0) is 0 Å². The van der Waals surface area contributed by atoms with E-state index in [9.17, 15) is 10.2 Å². The molecule has 6 N–H and O–H groups in total. The normalized spacial score (nSPS) is 22.4. The fraction of sp³-hybridized carbons (Fsp3) is 1.00. The lowest BCUT2D eigenvalue weighted by molar-refractivity contribution is -0.0874. The lowest BCUT2D eigenvalue weighted by Gasteiger charge is -2.37. The van der Waals surface area contributed by atoms with Gasteiger partial charge in [-0.1, -0.05) is 26.7 Å². The van der Waals surface area contributed by atoms with E-state index in [2.05, 4.69) is 0 Å². The Bertz CT molecular complexity index is 247. The van der Waals surface area contributed by atoms with Crippen molar-refractivity contribution in [3.63, 3.8) is 0 Å². The summed E-state index contributed by atoms with van der Waals surface area (Å²) in [5.74, 6) is 0. The maximum atomic E-state index is 9.84. The van der Waals surface area contributed by atoms with Gasteiger partial charge in [0.05, 0.1) is 37.6 Å². The molecule has 0 radical (unpaired) electrons. The monoisotopic (exact) mass is 322 g/mol. The van der Waals surface area contributed by atoms with E-state index in [1.165, 1.54) is 0 Å². The smallest absolute Gasteiger partial charge is 0.0851 e. The van der Waals surface area contributed by atoms with Crippen molar-refractivity contribution >= 4 is 0 Å². The Morgan fingerprint density at radius 3 is 1.68 bits per heavy atom. The summed E-state index contributed by atoms with van der Waals surface area (Å²) in [6, 6.07) is 0. The van der Waals surface area contributed by atoms with Gasteiger partial charge in [0.25, 0.3) is 0 Å². The molecule has 0 aliphatic heterocycles. The van der Waals surface area contributed by atoms with Gasteiger partial charge in [-0.15, -0.1) is 0 Å². The molecule has 1 rings (SSSR count). The predicted octanol–water partition coefficient (Wildman–Crippen LogP) is 0.171. The van der Waals surface area contributed by atoms with E-state index in [0.29, 0.717) is 12.8 Å². The van der Waals surface area contributed by atoms with Crippen molar-refractivity contribution in [2.75, 3.05) is 13.2 Å². The van der Waals surface area contributed by atoms with Crippen LogP contribution in [0.3, 0.4) is 0 Å². The number of rotatable bonds is 8. The summed E-state index contributed by atoms with van der Waals surface area (Å²) in [5, 5.41) is 54.4. The van der Waals surface area contributed by atoms with Gasteiger partial charge in [0.15, 0.2) is 0 Å². The molecule has 1 aliphatic rings. The van der Waals surface area contributed by atoms with Crippen molar-refractivity contribution in [1.82, 2.24) is 0 Å². The fourth-order valence-electron chi connectivity index (χ4n) is 3.07. The average Bonchev–Trinajstić information content (AvgIpc) is 3.04. The van der Waals surface area contributed by atoms with Crippen LogP contribution in [0.15, 0.2) is 0 Å². The lowest BCUT2D eigenvalue weighted by Crippen LogP contribution is -2.44. The maximum absolute atomic E-state index is 9.84. The molecule has 0 aromatic rings. The summed E-state index contributed by atoms with van der Waals surface area (Å²) >= 11 is 0. The largest absolute Gasteiger partial charge is 0.394 e. The van der Waals surface area contributed by atoms with Crippen LogP contribution in [0.4, 0.5) is 0 Å². The van der Waals surface area contributed by atoms with E-state index in [1.54, 1.807) is 0 Å². The van der Waals surface area contributed by atoms with Gasteiger partial charge in [0.1, 0.15) is 0 Å². The molecule has 0 aromatic carbocycles. The zero-order valence-electron chi connectivity index (χ0n) is 13.9. The molecule has 1 fully saturated rings. The highest BCUT2D eigenvalue weighted by molar-refractivity contribution is 4.95. The SMILES string of the molecule is CCC(O)C1(C(O)CO)CCCC1.CCC(O)CC(O)CO. The van der Waals surface area contributed by atoms with Crippen LogP contribution < -0.4 is 0 Å². The summed E-state index contributed by atoms with van der Waals surface area (Å²) < 4.78 is 0. The van der Waals surface area contributed by atoms with Crippen molar-refractivity contribution < 1.29 is 30.6 Å². The minimum Gasteiger partial charge on any atom is -0.394 e. The van der Waals surface area contributed by atoms with Crippen molar-refractivity contribution in [2.45, 2.75) is 83.2 Å². The van der Waals surface area contributed by atoms with Crippen LogP contribution in [0.25, 0.3) is 0 Å². The molecule has 134 valence electrons. The lowest BCUT2D eigenvalue weighted by atomic mass is 9.74. The van der Waals surface area contributed by atoms with E-state index in [1.807, 2.05) is 13.8 Å². The molecule has 1 aliphatic carbocycles. The summed E-state index contributed by atoms with van der Waals surface area (Å²) in [6.45, 7) is 3.23. The number of aliphatic hydroxyl groups is 6. The number of aliphatic hydroxyl groups excluding tert-OH is 6. The van der Waals surface area contributed by atoms with Crippen LogP contribution in [0.5, 0.6) is 0 Å². The third-order valence-corrected chi connectivity index (χ3v) is 4.65. The molecule has 6 nitrogen and oxygen atoms in total. The van der Waals surface area contributed by atoms with Gasteiger partial charge < -0.3 is 30.6 Å². The van der Waals surface area contributed by atoms with Gasteiger partial charge in [-0.25, -0.2) is 0 Å². The molecular weight excluding hydrogens is 288 g/mol. The van der Waals surface area contributed by atoms with Gasteiger partial charge in [-0.2, -0.15) is 0 Å². The van der Waals surface area contributed by atoms with Gasteiger partial charge in [0, 0.05) is 11.8 Å². The first kappa shape index (κ1) is 21.8. The number of hydrogen-bond acceptors (Lipinski definition) is 6. The van der Waals surface area contributed by atoms with Crippen molar-refractivity contribution in [3.8, 4) is 0 Å². The highest BCUT2D eigenvalue weighted by Crippen LogP contribution is 2.44. The van der Waals surface area contributed by atoms with Crippen molar-refractivity contribution in [2.24, 2.45) is 5.41 Å². The second-order valence-corrected chi connectivity index (χ2v) is 6.20. The Balaban J connectivity index is 0.000000433. The highest BCUT2D eigenvalue weighted by atomic mass is 16.3. The first-order valence-electron chi connectivity index (χ1n) is 8.31. The summed E-state index contributed by atoms with van der Waals surface area (Å²) in [4.78, 5) is 0. The van der Waals surface area contributed by atoms with Crippen LogP contribution in [-0.4, -0.2) is 68.3 Å². The van der Waals surface area contributed by atoms with E-state index in [4.69, 9.17) is 20.4 Å². The zero-order valence-corrected chi connectivity index (χ0v) is 13.9. The Morgan fingerprint density at radius 2 is 1.32 bits per heavy atom. The second kappa shape index (κ2) is 11.3. The van der Waals surface area contributed by atoms with E-state index >= 15 is 0 Å². The Hall–Kier alpha value is -0.240. The quantitative estimate of drug-likeness (QED) is 0.379. The van der Waals surface area contributed by atoms with E-state index in [-0.39, 0.29) is 19.6 Å². The first-order valence-corrected chi connectivity index (χ1v) is 8.31. The number of hydrogen-bond donors (Lipinski definition) is 6. The summed E-state index contributed by atoms with van der Waals surface area (Å²) in [5.41, 5.74) is -0.427. The minimum atomic E-state index is -0.764. The average molecular weight is 322 g/mol. The van der Waals surface area contributed by atoms with Gasteiger partial charge in [-0.3, -0.25) is 0 Å². The topological polar surface area (TPSA) is 121 Å². The maximum Gasteiger partial charge on any atom is 0.0851 e. The molecule has 22 heavy (non-hydrogen) atoms. The molecule has 4 unspecified atom stereocenters. The van der Waals surface area contributed by atoms with Crippen molar-refractivity contribution in [1.29, 1.82) is 0 Å². The van der Waals surface area contributed by atoms with Gasteiger partial charge in [0.2, 0.25) is 0 Å². The van der Waals surface area contributed by atoms with E-state index in [0.717, 1.165) is 25.7 Å². The summed E-state index contributed by atoms with van der Waals surface area (Å²) in [6.07, 6.45) is 2.84. The molecule has 0 aromatic heterocycles. The van der Waals surface area contributed by atoms with E-state index < -0.39 is 29.8 Å². The molecule has 0 spiro atoms. The molecular formula is C16H34O6. The molecule has 0 amide bonds. The highest BCUT2D eigenvalue weighted by Gasteiger charge is 2.45. The Kier molecular flexibility index (Phi) is 11.2. The standard InChI is InChI=1S/C10H20O3.C6H14O3/c1-2-8(12)10(9(13)7-11)5-3-4-6-10;1-2-5(8)3-6(9)4-7/h8-9,11-13H,2-7H2,1H3;5-9H,2-4H2,1H3. The molecule has 0 saturated heterocycles. The Labute approximate surface area is 133 Å². The van der Waals surface area contributed by atoms with Crippen molar-refractivity contribution in [3.05, 3.63) is 0 Å². The third-order valence-electron chi connectivity index (χ3n) is 4.65. The third kappa shape index (κ3) is 6.48. The fourth-order valence-corrected chi connectivity index (χ4v) is 3.07. The molecule has 0 bridgehead atoms. The molecule has 1 saturated carbocycles. The summed E-state index contributed by atoms with van der Waals surface area (Å²) in [7, 11) is 0. The molecule has 6 heteroatoms. The minimum absolute atomic E-state index is 0.239. The van der Waals surface area contributed by atoms with Crippen LogP contribution in [0.2, 0.25) is 0 Å². The molecule has 4 atom stereocenters. The van der Waals surface area contributed by atoms with Crippen LogP contribution in [0.1, 0.15) is 58.8 Å².